The van der Waals surface area contributed by atoms with E-state index in [9.17, 15) is 0 Å². The van der Waals surface area contributed by atoms with Crippen molar-refractivity contribution in [2.45, 2.75) is 0 Å². The maximum Gasteiger partial charge on any atom is 0.138 e. The van der Waals surface area contributed by atoms with Gasteiger partial charge >= 0.3 is 0 Å². The highest BCUT2D eigenvalue weighted by atomic mass is 15.1. The van der Waals surface area contributed by atoms with Crippen LogP contribution < -0.4 is 0 Å². The number of rotatable bonds is 3. The lowest BCUT2D eigenvalue weighted by Crippen LogP contribution is -1.98. The molecule has 0 saturated heterocycles. The van der Waals surface area contributed by atoms with Crippen molar-refractivity contribution in [2.24, 2.45) is 0 Å². The highest BCUT2D eigenvalue weighted by Gasteiger charge is 2.16. The third kappa shape index (κ3) is 3.12. The van der Waals surface area contributed by atoms with Gasteiger partial charge in [0.05, 0.1) is 22.2 Å². The molecule has 0 N–H and O–H groups in total. The van der Waals surface area contributed by atoms with E-state index in [4.69, 9.17) is 4.98 Å². The van der Waals surface area contributed by atoms with Gasteiger partial charge in [-0.05, 0) is 65.4 Å². The molecule has 3 aromatic heterocycles. The van der Waals surface area contributed by atoms with Crippen molar-refractivity contribution in [3.8, 4) is 22.8 Å². The molecule has 0 aliphatic heterocycles. The van der Waals surface area contributed by atoms with Crippen LogP contribution in [-0.4, -0.2) is 14.1 Å². The Kier molecular flexibility index (Phi) is 4.52. The first-order valence-corrected chi connectivity index (χ1v) is 12.9. The monoisotopic (exact) mass is 485 g/mol. The number of aromatic nitrogens is 3. The average molecular weight is 486 g/mol. The molecule has 0 bridgehead atoms. The SMILES string of the molecule is c1ccc(-c2cccc(-n3c4ccccc4c4cc5c(ccc6c5ccn6-c5ccccc5)cc43)n2)cc1. The summed E-state index contributed by atoms with van der Waals surface area (Å²) < 4.78 is 4.57. The zero-order valence-corrected chi connectivity index (χ0v) is 20.6. The standard InChI is InChI=1S/C35H23N3/c1-3-10-24(11-4-1)31-15-9-17-35(36-31)38-33-16-8-7-14-27(33)30-23-29-25(22-34(30)38)18-19-32-28(29)20-21-37(32)26-12-5-2-6-13-26/h1-23H. The summed E-state index contributed by atoms with van der Waals surface area (Å²) >= 11 is 0. The molecule has 0 aliphatic carbocycles. The first-order chi connectivity index (χ1) is 18.8. The Morgan fingerprint density at radius 2 is 1.24 bits per heavy atom. The second-order valence-corrected chi connectivity index (χ2v) is 9.71. The van der Waals surface area contributed by atoms with Crippen molar-refractivity contribution in [2.75, 3.05) is 0 Å². The molecule has 3 heterocycles. The van der Waals surface area contributed by atoms with Gasteiger partial charge in [-0.25, -0.2) is 4.98 Å². The van der Waals surface area contributed by atoms with Crippen LogP contribution in [0.4, 0.5) is 0 Å². The smallest absolute Gasteiger partial charge is 0.138 e. The predicted octanol–water partition coefficient (Wildman–Crippen LogP) is 8.94. The van der Waals surface area contributed by atoms with Crippen LogP contribution in [0.15, 0.2) is 140 Å². The summed E-state index contributed by atoms with van der Waals surface area (Å²) in [7, 11) is 0. The first kappa shape index (κ1) is 21.0. The lowest BCUT2D eigenvalue weighted by molar-refractivity contribution is 1.08. The van der Waals surface area contributed by atoms with E-state index in [-0.39, 0.29) is 0 Å². The van der Waals surface area contributed by atoms with E-state index in [1.54, 1.807) is 0 Å². The summed E-state index contributed by atoms with van der Waals surface area (Å²) in [6.07, 6.45) is 2.17. The Bertz CT molecular complexity index is 2120. The molecule has 0 radical (unpaired) electrons. The molecule has 3 nitrogen and oxygen atoms in total. The summed E-state index contributed by atoms with van der Waals surface area (Å²) in [5, 5.41) is 6.21. The van der Waals surface area contributed by atoms with Crippen LogP contribution in [-0.2, 0) is 0 Å². The molecule has 178 valence electrons. The molecule has 3 heteroatoms. The van der Waals surface area contributed by atoms with Crippen LogP contribution in [0.1, 0.15) is 0 Å². The topological polar surface area (TPSA) is 22.8 Å². The Labute approximate surface area is 219 Å². The Balaban J connectivity index is 1.40. The van der Waals surface area contributed by atoms with Gasteiger partial charge in [-0.3, -0.25) is 4.57 Å². The van der Waals surface area contributed by atoms with Crippen LogP contribution in [0.2, 0.25) is 0 Å². The van der Waals surface area contributed by atoms with E-state index < -0.39 is 0 Å². The molecule has 0 atom stereocenters. The molecular weight excluding hydrogens is 462 g/mol. The fraction of sp³-hybridized carbons (Fsp3) is 0. The second-order valence-electron chi connectivity index (χ2n) is 9.71. The fourth-order valence-corrected chi connectivity index (χ4v) is 5.79. The quantitative estimate of drug-likeness (QED) is 0.245. The molecule has 8 rings (SSSR count). The zero-order chi connectivity index (χ0) is 25.1. The van der Waals surface area contributed by atoms with Crippen LogP contribution in [0, 0.1) is 0 Å². The van der Waals surface area contributed by atoms with E-state index in [1.165, 1.54) is 43.7 Å². The van der Waals surface area contributed by atoms with E-state index in [2.05, 4.69) is 143 Å². The Hall–Kier alpha value is -5.15. The lowest BCUT2D eigenvalue weighted by atomic mass is 10.0. The summed E-state index contributed by atoms with van der Waals surface area (Å²) in [6, 6.07) is 47.2. The number of fused-ring (bicyclic) bond motifs is 6. The number of nitrogens with zero attached hydrogens (tertiary/aromatic N) is 3. The maximum atomic E-state index is 5.11. The largest absolute Gasteiger partial charge is 0.317 e. The van der Waals surface area contributed by atoms with Crippen LogP contribution in [0.3, 0.4) is 0 Å². The van der Waals surface area contributed by atoms with Gasteiger partial charge in [-0.15, -0.1) is 0 Å². The van der Waals surface area contributed by atoms with Crippen molar-refractivity contribution in [1.29, 1.82) is 0 Å². The first-order valence-electron chi connectivity index (χ1n) is 12.9. The molecule has 5 aromatic carbocycles. The minimum Gasteiger partial charge on any atom is -0.317 e. The van der Waals surface area contributed by atoms with Gasteiger partial charge in [-0.2, -0.15) is 0 Å². The fourth-order valence-electron chi connectivity index (χ4n) is 5.79. The summed E-state index contributed by atoms with van der Waals surface area (Å²) in [6.45, 7) is 0. The lowest BCUT2D eigenvalue weighted by Gasteiger charge is -2.10. The van der Waals surface area contributed by atoms with Crippen molar-refractivity contribution in [1.82, 2.24) is 14.1 Å². The van der Waals surface area contributed by atoms with Crippen molar-refractivity contribution in [3.05, 3.63) is 140 Å². The molecule has 0 fully saturated rings. The summed E-state index contributed by atoms with van der Waals surface area (Å²) in [4.78, 5) is 5.11. The Morgan fingerprint density at radius 3 is 2.11 bits per heavy atom. The molecule has 0 spiro atoms. The molecule has 38 heavy (non-hydrogen) atoms. The van der Waals surface area contributed by atoms with E-state index in [1.807, 2.05) is 6.07 Å². The molecule has 0 unspecified atom stereocenters. The minimum atomic E-state index is 0.924. The third-order valence-electron chi connectivity index (χ3n) is 7.55. The highest BCUT2D eigenvalue weighted by molar-refractivity contribution is 6.18. The number of benzene rings is 5. The van der Waals surface area contributed by atoms with Crippen molar-refractivity contribution < 1.29 is 0 Å². The normalized spacial score (nSPS) is 11.7. The van der Waals surface area contributed by atoms with Gasteiger partial charge in [0.25, 0.3) is 0 Å². The summed E-state index contributed by atoms with van der Waals surface area (Å²) in [5.74, 6) is 0.924. The zero-order valence-electron chi connectivity index (χ0n) is 20.6. The predicted molar refractivity (Wildman–Crippen MR) is 158 cm³/mol. The molecular formula is C35H23N3. The number of hydrogen-bond acceptors (Lipinski definition) is 1. The van der Waals surface area contributed by atoms with Gasteiger partial charge < -0.3 is 4.57 Å². The molecule has 0 amide bonds. The number of para-hydroxylation sites is 2. The van der Waals surface area contributed by atoms with Gasteiger partial charge in [-0.1, -0.05) is 78.9 Å². The van der Waals surface area contributed by atoms with Crippen LogP contribution in [0.25, 0.3) is 66.2 Å². The number of hydrogen-bond donors (Lipinski definition) is 0. The minimum absolute atomic E-state index is 0.924. The van der Waals surface area contributed by atoms with Crippen LogP contribution >= 0.6 is 0 Å². The maximum absolute atomic E-state index is 5.11. The van der Waals surface area contributed by atoms with E-state index in [0.29, 0.717) is 0 Å². The van der Waals surface area contributed by atoms with Crippen molar-refractivity contribution >= 4 is 43.5 Å². The highest BCUT2D eigenvalue weighted by Crippen LogP contribution is 2.37. The van der Waals surface area contributed by atoms with Gasteiger partial charge in [0.2, 0.25) is 0 Å². The van der Waals surface area contributed by atoms with Crippen LogP contribution in [0.5, 0.6) is 0 Å². The van der Waals surface area contributed by atoms with E-state index in [0.717, 1.165) is 22.6 Å². The number of pyridine rings is 1. The second kappa shape index (κ2) is 8.19. The van der Waals surface area contributed by atoms with Gasteiger partial charge in [0, 0.05) is 33.6 Å². The van der Waals surface area contributed by atoms with Gasteiger partial charge in [0.15, 0.2) is 0 Å². The van der Waals surface area contributed by atoms with Crippen molar-refractivity contribution in [3.63, 3.8) is 0 Å². The summed E-state index contributed by atoms with van der Waals surface area (Å²) in [5.41, 5.74) is 6.80. The van der Waals surface area contributed by atoms with E-state index >= 15 is 0 Å². The van der Waals surface area contributed by atoms with Gasteiger partial charge in [0.1, 0.15) is 5.82 Å². The Morgan fingerprint density at radius 1 is 0.474 bits per heavy atom. The molecule has 0 aliphatic rings. The third-order valence-corrected chi connectivity index (χ3v) is 7.55. The molecule has 0 saturated carbocycles. The molecule has 8 aromatic rings. The average Bonchev–Trinajstić information content (AvgIpc) is 3.56.